The van der Waals surface area contributed by atoms with E-state index in [1.165, 1.54) is 6.42 Å². The van der Waals surface area contributed by atoms with Crippen LogP contribution in [0, 0.1) is 5.92 Å². The van der Waals surface area contributed by atoms with Crippen LogP contribution in [0.15, 0.2) is 0 Å². The highest BCUT2D eigenvalue weighted by Crippen LogP contribution is 2.26. The molecule has 0 aromatic rings. The summed E-state index contributed by atoms with van der Waals surface area (Å²) in [7, 11) is 3.78. The maximum Gasteiger partial charge on any atom is 0.326 e. The van der Waals surface area contributed by atoms with Crippen LogP contribution in [-0.2, 0) is 9.59 Å². The molecule has 1 aliphatic carbocycles. The molecular formula is C13H24N2O3. The third-order valence-corrected chi connectivity index (χ3v) is 3.49. The van der Waals surface area contributed by atoms with Crippen molar-refractivity contribution in [3.63, 3.8) is 0 Å². The predicted octanol–water partition coefficient (Wildman–Crippen LogP) is 1.09. The molecule has 2 N–H and O–H groups in total. The largest absolute Gasteiger partial charge is 0.480 e. The zero-order valence-electron chi connectivity index (χ0n) is 11.3. The second-order valence-electron chi connectivity index (χ2n) is 5.33. The fourth-order valence-corrected chi connectivity index (χ4v) is 2.42. The van der Waals surface area contributed by atoms with Gasteiger partial charge in [0.05, 0.1) is 0 Å². The summed E-state index contributed by atoms with van der Waals surface area (Å²) in [5, 5.41) is 11.9. The number of nitrogens with one attached hydrogen (secondary N) is 1. The average Bonchev–Trinajstić information content (AvgIpc) is 2.34. The molecular weight excluding hydrogens is 232 g/mol. The van der Waals surface area contributed by atoms with E-state index in [1.807, 2.05) is 19.0 Å². The average molecular weight is 256 g/mol. The van der Waals surface area contributed by atoms with Gasteiger partial charge in [0, 0.05) is 13.0 Å². The molecule has 104 valence electrons. The Balaban J connectivity index is 2.46. The van der Waals surface area contributed by atoms with Crippen LogP contribution in [0.25, 0.3) is 0 Å². The van der Waals surface area contributed by atoms with Gasteiger partial charge >= 0.3 is 5.97 Å². The van der Waals surface area contributed by atoms with E-state index in [1.54, 1.807) is 0 Å². The lowest BCUT2D eigenvalue weighted by Crippen LogP contribution is -2.47. The molecule has 0 saturated heterocycles. The Morgan fingerprint density at radius 1 is 1.28 bits per heavy atom. The lowest BCUT2D eigenvalue weighted by molar-refractivity contribution is -0.143. The standard InChI is InChI=1S/C13H24N2O3/c1-15(2)9-8-11(16)14-12(13(17)18)10-6-4-3-5-7-10/h10,12H,3-9H2,1-2H3,(H,14,16)(H,17,18). The summed E-state index contributed by atoms with van der Waals surface area (Å²) in [6.45, 7) is 0.642. The van der Waals surface area contributed by atoms with Crippen LogP contribution in [-0.4, -0.2) is 48.6 Å². The summed E-state index contributed by atoms with van der Waals surface area (Å²) in [6.07, 6.45) is 5.49. The third kappa shape index (κ3) is 5.04. The Hall–Kier alpha value is -1.10. The number of hydrogen-bond acceptors (Lipinski definition) is 3. The van der Waals surface area contributed by atoms with Crippen LogP contribution in [0.1, 0.15) is 38.5 Å². The van der Waals surface area contributed by atoms with Crippen LogP contribution < -0.4 is 5.32 Å². The van der Waals surface area contributed by atoms with Gasteiger partial charge in [-0.25, -0.2) is 4.79 Å². The lowest BCUT2D eigenvalue weighted by atomic mass is 9.84. The summed E-state index contributed by atoms with van der Waals surface area (Å²) in [5.41, 5.74) is 0. The van der Waals surface area contributed by atoms with Gasteiger partial charge in [-0.2, -0.15) is 0 Å². The van der Waals surface area contributed by atoms with Crippen molar-refractivity contribution in [3.8, 4) is 0 Å². The van der Waals surface area contributed by atoms with Crippen LogP contribution in [0.4, 0.5) is 0 Å². The molecule has 1 atom stereocenters. The first-order valence-electron chi connectivity index (χ1n) is 6.67. The van der Waals surface area contributed by atoms with E-state index in [9.17, 15) is 14.7 Å². The number of carboxylic acid groups (broad SMARTS) is 1. The van der Waals surface area contributed by atoms with Crippen molar-refractivity contribution in [2.75, 3.05) is 20.6 Å². The number of nitrogens with zero attached hydrogens (tertiary/aromatic N) is 1. The molecule has 1 saturated carbocycles. The minimum absolute atomic E-state index is 0.0968. The molecule has 1 rings (SSSR count). The maximum absolute atomic E-state index is 11.7. The third-order valence-electron chi connectivity index (χ3n) is 3.49. The van der Waals surface area contributed by atoms with E-state index in [0.29, 0.717) is 13.0 Å². The van der Waals surface area contributed by atoms with Crippen LogP contribution >= 0.6 is 0 Å². The second kappa shape index (κ2) is 7.36. The first-order valence-corrected chi connectivity index (χ1v) is 6.67. The number of carbonyl (C=O) groups excluding carboxylic acids is 1. The van der Waals surface area contributed by atoms with Gasteiger partial charge in [-0.3, -0.25) is 4.79 Å². The Morgan fingerprint density at radius 2 is 1.89 bits per heavy atom. The van der Waals surface area contributed by atoms with Gasteiger partial charge < -0.3 is 15.3 Å². The predicted molar refractivity (Wildman–Crippen MR) is 69.3 cm³/mol. The monoisotopic (exact) mass is 256 g/mol. The first kappa shape index (κ1) is 15.0. The zero-order chi connectivity index (χ0) is 13.5. The van der Waals surface area contributed by atoms with Gasteiger partial charge in [0.1, 0.15) is 6.04 Å². The van der Waals surface area contributed by atoms with Crippen molar-refractivity contribution in [3.05, 3.63) is 0 Å². The van der Waals surface area contributed by atoms with Gasteiger partial charge in [0.25, 0.3) is 0 Å². The molecule has 0 aliphatic heterocycles. The van der Waals surface area contributed by atoms with Gasteiger partial charge in [0.15, 0.2) is 0 Å². The molecule has 0 bridgehead atoms. The van der Waals surface area contributed by atoms with E-state index >= 15 is 0 Å². The minimum atomic E-state index is -0.903. The fraction of sp³-hybridized carbons (Fsp3) is 0.846. The molecule has 0 aromatic heterocycles. The normalized spacial score (nSPS) is 18.6. The highest BCUT2D eigenvalue weighted by atomic mass is 16.4. The van der Waals surface area contributed by atoms with E-state index in [0.717, 1.165) is 25.7 Å². The molecule has 1 fully saturated rings. The van der Waals surface area contributed by atoms with Gasteiger partial charge in [-0.05, 0) is 32.9 Å². The number of hydrogen-bond donors (Lipinski definition) is 2. The highest BCUT2D eigenvalue weighted by molar-refractivity contribution is 5.83. The van der Waals surface area contributed by atoms with E-state index in [4.69, 9.17) is 0 Å². The number of carboxylic acids is 1. The Morgan fingerprint density at radius 3 is 2.39 bits per heavy atom. The second-order valence-corrected chi connectivity index (χ2v) is 5.33. The number of rotatable bonds is 6. The smallest absolute Gasteiger partial charge is 0.326 e. The molecule has 0 heterocycles. The van der Waals surface area contributed by atoms with Gasteiger partial charge in [-0.1, -0.05) is 19.3 Å². The zero-order valence-corrected chi connectivity index (χ0v) is 11.3. The summed E-state index contributed by atoms with van der Waals surface area (Å²) >= 11 is 0. The van der Waals surface area contributed by atoms with Crippen LogP contribution in [0.2, 0.25) is 0 Å². The molecule has 1 unspecified atom stereocenters. The number of carbonyl (C=O) groups is 2. The van der Waals surface area contributed by atoms with Crippen LogP contribution in [0.3, 0.4) is 0 Å². The van der Waals surface area contributed by atoms with E-state index < -0.39 is 12.0 Å². The molecule has 1 amide bonds. The number of aliphatic carboxylic acids is 1. The van der Waals surface area contributed by atoms with E-state index in [2.05, 4.69) is 5.32 Å². The molecule has 5 nitrogen and oxygen atoms in total. The van der Waals surface area contributed by atoms with Crippen molar-refractivity contribution in [2.24, 2.45) is 5.92 Å². The quantitative estimate of drug-likeness (QED) is 0.746. The van der Waals surface area contributed by atoms with Crippen molar-refractivity contribution < 1.29 is 14.7 Å². The summed E-state index contributed by atoms with van der Waals surface area (Å²) in [4.78, 5) is 24.9. The Labute approximate surface area is 109 Å². The van der Waals surface area contributed by atoms with Crippen molar-refractivity contribution >= 4 is 11.9 Å². The highest BCUT2D eigenvalue weighted by Gasteiger charge is 2.30. The maximum atomic E-state index is 11.7. The fourth-order valence-electron chi connectivity index (χ4n) is 2.42. The van der Waals surface area contributed by atoms with E-state index in [-0.39, 0.29) is 11.8 Å². The van der Waals surface area contributed by atoms with Gasteiger partial charge in [0.2, 0.25) is 5.91 Å². The molecule has 0 radical (unpaired) electrons. The first-order chi connectivity index (χ1) is 8.50. The Bertz CT molecular complexity index is 286. The minimum Gasteiger partial charge on any atom is -0.480 e. The molecule has 0 spiro atoms. The summed E-state index contributed by atoms with van der Waals surface area (Å²) in [5.74, 6) is -0.971. The van der Waals surface area contributed by atoms with Crippen LogP contribution in [0.5, 0.6) is 0 Å². The molecule has 0 aromatic carbocycles. The topological polar surface area (TPSA) is 69.6 Å². The van der Waals surface area contributed by atoms with Gasteiger partial charge in [-0.15, -0.1) is 0 Å². The number of amides is 1. The SMILES string of the molecule is CN(C)CCC(=O)NC(C(=O)O)C1CCCCC1. The summed E-state index contributed by atoms with van der Waals surface area (Å²) in [6, 6.07) is -0.708. The van der Waals surface area contributed by atoms with Crippen molar-refractivity contribution in [1.82, 2.24) is 10.2 Å². The van der Waals surface area contributed by atoms with Crippen molar-refractivity contribution in [2.45, 2.75) is 44.6 Å². The Kier molecular flexibility index (Phi) is 6.12. The lowest BCUT2D eigenvalue weighted by Gasteiger charge is -2.28. The molecule has 18 heavy (non-hydrogen) atoms. The summed E-state index contributed by atoms with van der Waals surface area (Å²) < 4.78 is 0. The molecule has 1 aliphatic rings. The van der Waals surface area contributed by atoms with Crippen molar-refractivity contribution in [1.29, 1.82) is 0 Å². The molecule has 5 heteroatoms.